The summed E-state index contributed by atoms with van der Waals surface area (Å²) in [5, 5.41) is 11.3. The van der Waals surface area contributed by atoms with Gasteiger partial charge in [-0.3, -0.25) is 0 Å². The third-order valence-corrected chi connectivity index (χ3v) is 5.34. The van der Waals surface area contributed by atoms with E-state index in [9.17, 15) is 0 Å². The first-order valence-corrected chi connectivity index (χ1v) is 9.03. The van der Waals surface area contributed by atoms with Gasteiger partial charge >= 0.3 is 0 Å². The van der Waals surface area contributed by atoms with Gasteiger partial charge in [0.05, 0.1) is 11.8 Å². The Morgan fingerprint density at radius 3 is 2.67 bits per heavy atom. The summed E-state index contributed by atoms with van der Waals surface area (Å²) in [4.78, 5) is 0. The van der Waals surface area contributed by atoms with Crippen molar-refractivity contribution in [2.45, 2.75) is 18.7 Å². The summed E-state index contributed by atoms with van der Waals surface area (Å²) in [5.74, 6) is 0.972. The number of hydrazone groups is 1. The van der Waals surface area contributed by atoms with Gasteiger partial charge < -0.3 is 4.74 Å². The molecular formula is C20H16N2OS. The molecule has 2 atom stereocenters. The lowest BCUT2D eigenvalue weighted by atomic mass is 9.96. The van der Waals surface area contributed by atoms with Gasteiger partial charge in [0.15, 0.2) is 0 Å². The highest BCUT2D eigenvalue weighted by Crippen LogP contribution is 2.47. The SMILES string of the molecule is c1ccc(C2=NN3C(C2)c2ccccc2OC3c2ccsc2)cc1. The Labute approximate surface area is 144 Å². The Bertz CT molecular complexity index is 889. The maximum Gasteiger partial charge on any atom is 0.214 e. The van der Waals surface area contributed by atoms with Crippen LogP contribution in [0.1, 0.15) is 35.4 Å². The minimum absolute atomic E-state index is 0.155. The lowest BCUT2D eigenvalue weighted by Crippen LogP contribution is -2.33. The fraction of sp³-hybridized carbons (Fsp3) is 0.150. The molecule has 0 bridgehead atoms. The predicted molar refractivity (Wildman–Crippen MR) is 96.3 cm³/mol. The summed E-state index contributed by atoms with van der Waals surface area (Å²) < 4.78 is 6.30. The Kier molecular flexibility index (Phi) is 3.16. The molecule has 0 aliphatic carbocycles. The largest absolute Gasteiger partial charge is 0.464 e. The van der Waals surface area contributed by atoms with Crippen LogP contribution in [0.4, 0.5) is 0 Å². The van der Waals surface area contributed by atoms with Gasteiger partial charge in [0.1, 0.15) is 5.75 Å². The van der Waals surface area contributed by atoms with Crippen molar-refractivity contribution in [3.8, 4) is 5.75 Å². The molecular weight excluding hydrogens is 316 g/mol. The minimum atomic E-state index is -0.155. The van der Waals surface area contributed by atoms with Crippen LogP contribution in [0.5, 0.6) is 5.75 Å². The smallest absolute Gasteiger partial charge is 0.214 e. The summed E-state index contributed by atoms with van der Waals surface area (Å²) in [6.07, 6.45) is 0.753. The van der Waals surface area contributed by atoms with Gasteiger partial charge in [0, 0.05) is 17.5 Å². The fourth-order valence-corrected chi connectivity index (χ4v) is 4.14. The number of para-hydroxylation sites is 1. The highest BCUT2D eigenvalue weighted by molar-refractivity contribution is 7.07. The summed E-state index contributed by atoms with van der Waals surface area (Å²) in [6, 6.07) is 21.1. The molecule has 2 aliphatic rings. The molecule has 118 valence electrons. The average Bonchev–Trinajstić information content (AvgIpc) is 3.32. The second kappa shape index (κ2) is 5.49. The predicted octanol–water partition coefficient (Wildman–Crippen LogP) is 4.99. The minimum Gasteiger partial charge on any atom is -0.464 e. The van der Waals surface area contributed by atoms with E-state index in [4.69, 9.17) is 9.84 Å². The fourth-order valence-electron chi connectivity index (χ4n) is 3.47. The standard InChI is InChI=1S/C20H16N2OS/c1-2-6-14(7-3-1)17-12-18-16-8-4-5-9-19(16)23-20(22(18)21-17)15-10-11-24-13-15/h1-11,13,18,20H,12H2. The number of rotatable bonds is 2. The van der Waals surface area contributed by atoms with Crippen molar-refractivity contribution >= 4 is 17.0 Å². The Balaban J connectivity index is 1.61. The van der Waals surface area contributed by atoms with E-state index in [1.807, 2.05) is 12.1 Å². The molecule has 3 heterocycles. The number of thiophene rings is 1. The lowest BCUT2D eigenvalue weighted by molar-refractivity contribution is -0.0187. The number of ether oxygens (including phenoxy) is 1. The molecule has 0 saturated heterocycles. The van der Waals surface area contributed by atoms with Crippen LogP contribution in [0.15, 0.2) is 76.5 Å². The van der Waals surface area contributed by atoms with E-state index in [-0.39, 0.29) is 12.3 Å². The van der Waals surface area contributed by atoms with Crippen molar-refractivity contribution in [1.29, 1.82) is 0 Å². The van der Waals surface area contributed by atoms with E-state index in [1.54, 1.807) is 11.3 Å². The topological polar surface area (TPSA) is 24.8 Å². The molecule has 0 spiro atoms. The van der Waals surface area contributed by atoms with Crippen LogP contribution in [0, 0.1) is 0 Å². The molecule has 4 heteroatoms. The van der Waals surface area contributed by atoms with Gasteiger partial charge in [0.2, 0.25) is 6.23 Å². The van der Waals surface area contributed by atoms with Crippen molar-refractivity contribution in [2.75, 3.05) is 0 Å². The maximum atomic E-state index is 6.30. The number of hydrogen-bond acceptors (Lipinski definition) is 4. The monoisotopic (exact) mass is 332 g/mol. The Hall–Kier alpha value is -2.59. The molecule has 0 N–H and O–H groups in total. The quantitative estimate of drug-likeness (QED) is 0.660. The van der Waals surface area contributed by atoms with Crippen LogP contribution >= 0.6 is 11.3 Å². The second-order valence-electron chi connectivity index (χ2n) is 6.08. The zero-order valence-corrected chi connectivity index (χ0v) is 13.8. The van der Waals surface area contributed by atoms with Gasteiger partial charge in [-0.25, -0.2) is 5.01 Å². The van der Waals surface area contributed by atoms with Crippen LogP contribution in [0.3, 0.4) is 0 Å². The Morgan fingerprint density at radius 2 is 1.83 bits per heavy atom. The lowest BCUT2D eigenvalue weighted by Gasteiger charge is -2.37. The third-order valence-electron chi connectivity index (χ3n) is 4.63. The summed E-state index contributed by atoms with van der Waals surface area (Å²) in [5.41, 5.74) is 4.70. The van der Waals surface area contributed by atoms with E-state index < -0.39 is 0 Å². The van der Waals surface area contributed by atoms with Gasteiger partial charge in [-0.2, -0.15) is 16.4 Å². The van der Waals surface area contributed by atoms with Crippen LogP contribution in [0.25, 0.3) is 0 Å². The number of benzene rings is 2. The maximum absolute atomic E-state index is 6.30. The van der Waals surface area contributed by atoms with Crippen molar-refractivity contribution in [3.05, 3.63) is 88.1 Å². The molecule has 0 saturated carbocycles. The van der Waals surface area contributed by atoms with E-state index in [0.717, 1.165) is 23.4 Å². The zero-order valence-electron chi connectivity index (χ0n) is 13.0. The summed E-state index contributed by atoms with van der Waals surface area (Å²) >= 11 is 1.69. The first-order chi connectivity index (χ1) is 11.9. The molecule has 0 radical (unpaired) electrons. The van der Waals surface area contributed by atoms with Gasteiger partial charge in [-0.15, -0.1) is 0 Å². The van der Waals surface area contributed by atoms with E-state index >= 15 is 0 Å². The molecule has 24 heavy (non-hydrogen) atoms. The first kappa shape index (κ1) is 13.8. The van der Waals surface area contributed by atoms with E-state index in [0.29, 0.717) is 0 Å². The van der Waals surface area contributed by atoms with Crippen molar-refractivity contribution in [3.63, 3.8) is 0 Å². The normalized spacial score (nSPS) is 21.7. The molecule has 0 fully saturated rings. The average molecular weight is 332 g/mol. The van der Waals surface area contributed by atoms with Gasteiger partial charge in [-0.1, -0.05) is 48.5 Å². The summed E-state index contributed by atoms with van der Waals surface area (Å²) in [7, 11) is 0. The van der Waals surface area contributed by atoms with Crippen LogP contribution in [-0.2, 0) is 0 Å². The van der Waals surface area contributed by atoms with Gasteiger partial charge in [-0.05, 0) is 28.5 Å². The van der Waals surface area contributed by atoms with Crippen LogP contribution in [0.2, 0.25) is 0 Å². The number of hydrogen-bond donors (Lipinski definition) is 0. The molecule has 2 aliphatic heterocycles. The number of nitrogens with zero attached hydrogens (tertiary/aromatic N) is 2. The van der Waals surface area contributed by atoms with E-state index in [2.05, 4.69) is 64.3 Å². The molecule has 5 rings (SSSR count). The Morgan fingerprint density at radius 1 is 1.00 bits per heavy atom. The molecule has 2 unspecified atom stereocenters. The number of fused-ring (bicyclic) bond motifs is 3. The first-order valence-electron chi connectivity index (χ1n) is 8.09. The van der Waals surface area contributed by atoms with Gasteiger partial charge in [0.25, 0.3) is 0 Å². The van der Waals surface area contributed by atoms with Crippen LogP contribution in [-0.4, -0.2) is 10.7 Å². The highest BCUT2D eigenvalue weighted by atomic mass is 32.1. The van der Waals surface area contributed by atoms with Crippen molar-refractivity contribution < 1.29 is 4.74 Å². The second-order valence-corrected chi connectivity index (χ2v) is 6.86. The molecule has 3 nitrogen and oxygen atoms in total. The molecule has 0 amide bonds. The summed E-state index contributed by atoms with van der Waals surface area (Å²) in [6.45, 7) is 0. The van der Waals surface area contributed by atoms with Crippen molar-refractivity contribution in [2.24, 2.45) is 5.10 Å². The highest BCUT2D eigenvalue weighted by Gasteiger charge is 2.40. The molecule has 2 aromatic carbocycles. The molecule has 1 aromatic heterocycles. The van der Waals surface area contributed by atoms with Crippen molar-refractivity contribution in [1.82, 2.24) is 5.01 Å². The zero-order chi connectivity index (χ0) is 15.9. The van der Waals surface area contributed by atoms with Crippen LogP contribution < -0.4 is 4.74 Å². The molecule has 3 aromatic rings. The third kappa shape index (κ3) is 2.14. The van der Waals surface area contributed by atoms with E-state index in [1.165, 1.54) is 11.1 Å².